The van der Waals surface area contributed by atoms with Gasteiger partial charge < -0.3 is 9.84 Å². The number of aliphatic hydroxyl groups is 1. The Labute approximate surface area is 130 Å². The normalized spacial score (nSPS) is 11.4. The van der Waals surface area contributed by atoms with Crippen LogP contribution in [0.25, 0.3) is 0 Å². The molecule has 0 amide bonds. The van der Waals surface area contributed by atoms with Crippen LogP contribution in [0.15, 0.2) is 27.6 Å². The van der Waals surface area contributed by atoms with E-state index in [4.69, 9.17) is 4.74 Å². The van der Waals surface area contributed by atoms with Gasteiger partial charge in [-0.3, -0.25) is 9.82 Å². The van der Waals surface area contributed by atoms with E-state index in [-0.39, 0.29) is 10.6 Å². The van der Waals surface area contributed by atoms with Crippen LogP contribution in [-0.4, -0.2) is 30.8 Å². The number of nitrogens with zero attached hydrogens (tertiary/aromatic N) is 1. The quantitative estimate of drug-likeness (QED) is 0.738. The lowest BCUT2D eigenvalue weighted by Crippen LogP contribution is -2.15. The molecule has 1 heterocycles. The number of aromatic amines is 1. The van der Waals surface area contributed by atoms with Gasteiger partial charge in [-0.2, -0.15) is 5.10 Å². The lowest BCUT2D eigenvalue weighted by atomic mass is 10.3. The Morgan fingerprint density at radius 2 is 2.19 bits per heavy atom. The van der Waals surface area contributed by atoms with Crippen LogP contribution in [0.1, 0.15) is 11.4 Å². The number of benzene rings is 1. The Balaban J connectivity index is 2.40. The minimum atomic E-state index is -3.86. The first-order chi connectivity index (χ1) is 9.89. The van der Waals surface area contributed by atoms with Gasteiger partial charge in [0.15, 0.2) is 0 Å². The van der Waals surface area contributed by atoms with Crippen molar-refractivity contribution in [3.05, 3.63) is 34.1 Å². The van der Waals surface area contributed by atoms with Crippen molar-refractivity contribution in [1.82, 2.24) is 10.2 Å². The fraction of sp³-hybridized carbons (Fsp3) is 0.250. The van der Waals surface area contributed by atoms with Crippen molar-refractivity contribution in [3.63, 3.8) is 0 Å². The van der Waals surface area contributed by atoms with Crippen molar-refractivity contribution in [3.8, 4) is 5.75 Å². The van der Waals surface area contributed by atoms with Gasteiger partial charge in [0.2, 0.25) is 0 Å². The molecule has 0 fully saturated rings. The molecular formula is C12H14BrN3O4S. The molecule has 2 rings (SSSR count). The first-order valence-corrected chi connectivity index (χ1v) is 8.17. The molecular weight excluding hydrogens is 362 g/mol. The molecule has 3 N–H and O–H groups in total. The second-order valence-electron chi connectivity index (χ2n) is 4.24. The molecule has 1 aromatic heterocycles. The number of hydrogen-bond donors (Lipinski definition) is 3. The largest absolute Gasteiger partial charge is 0.495 e. The average molecular weight is 376 g/mol. The summed E-state index contributed by atoms with van der Waals surface area (Å²) in [6.07, 6.45) is 0. The van der Waals surface area contributed by atoms with Crippen molar-refractivity contribution < 1.29 is 18.3 Å². The predicted octanol–water partition coefficient (Wildman–Crippen LogP) is 1.78. The first-order valence-electron chi connectivity index (χ1n) is 5.90. The van der Waals surface area contributed by atoms with E-state index in [9.17, 15) is 13.5 Å². The van der Waals surface area contributed by atoms with Crippen LogP contribution in [0.4, 0.5) is 5.69 Å². The van der Waals surface area contributed by atoms with Gasteiger partial charge >= 0.3 is 0 Å². The van der Waals surface area contributed by atoms with Crippen molar-refractivity contribution in [2.75, 3.05) is 11.8 Å². The maximum absolute atomic E-state index is 12.4. The van der Waals surface area contributed by atoms with E-state index in [0.717, 1.165) is 0 Å². The molecule has 0 saturated heterocycles. The standard InChI is InChI=1S/C12H14BrN3O4S/c1-7-12(10(6-17)15-14-7)21(18,19)16-8-3-4-9(13)11(5-8)20-2/h3-5,16-17H,6H2,1-2H3,(H,14,15). The summed E-state index contributed by atoms with van der Waals surface area (Å²) in [5.41, 5.74) is 0.777. The summed E-state index contributed by atoms with van der Waals surface area (Å²) in [4.78, 5) is -0.0492. The summed E-state index contributed by atoms with van der Waals surface area (Å²) >= 11 is 3.29. The van der Waals surface area contributed by atoms with Gasteiger partial charge in [0.25, 0.3) is 10.0 Å². The topological polar surface area (TPSA) is 104 Å². The highest BCUT2D eigenvalue weighted by Crippen LogP contribution is 2.29. The molecule has 7 nitrogen and oxygen atoms in total. The number of methoxy groups -OCH3 is 1. The summed E-state index contributed by atoms with van der Waals surface area (Å²) in [5.74, 6) is 0.501. The summed E-state index contributed by atoms with van der Waals surface area (Å²) in [7, 11) is -2.37. The second kappa shape index (κ2) is 6.04. The number of hydrogen-bond acceptors (Lipinski definition) is 5. The van der Waals surface area contributed by atoms with Gasteiger partial charge in [0, 0.05) is 6.07 Å². The van der Waals surface area contributed by atoms with Gasteiger partial charge in [0.1, 0.15) is 16.3 Å². The van der Waals surface area contributed by atoms with E-state index >= 15 is 0 Å². The summed E-state index contributed by atoms with van der Waals surface area (Å²) in [6.45, 7) is 1.10. The highest BCUT2D eigenvalue weighted by atomic mass is 79.9. The number of H-pyrrole nitrogens is 1. The number of ether oxygens (including phenoxy) is 1. The monoisotopic (exact) mass is 375 g/mol. The Bertz CT molecular complexity index is 758. The van der Waals surface area contributed by atoms with E-state index in [0.29, 0.717) is 21.6 Å². The van der Waals surface area contributed by atoms with Gasteiger partial charge in [-0.05, 0) is 35.0 Å². The van der Waals surface area contributed by atoms with Crippen molar-refractivity contribution in [1.29, 1.82) is 0 Å². The third kappa shape index (κ3) is 3.20. The van der Waals surface area contributed by atoms with Crippen molar-refractivity contribution in [2.24, 2.45) is 0 Å². The number of rotatable bonds is 5. The van der Waals surface area contributed by atoms with E-state index in [1.807, 2.05) is 0 Å². The van der Waals surface area contributed by atoms with E-state index in [1.165, 1.54) is 7.11 Å². The molecule has 9 heteroatoms. The zero-order chi connectivity index (χ0) is 15.6. The van der Waals surface area contributed by atoms with Crippen LogP contribution in [0.2, 0.25) is 0 Å². The zero-order valence-corrected chi connectivity index (χ0v) is 13.7. The highest BCUT2D eigenvalue weighted by molar-refractivity contribution is 9.10. The van der Waals surface area contributed by atoms with E-state index < -0.39 is 16.6 Å². The molecule has 114 valence electrons. The number of aromatic nitrogens is 2. The van der Waals surface area contributed by atoms with Crippen LogP contribution < -0.4 is 9.46 Å². The van der Waals surface area contributed by atoms with Gasteiger partial charge in [-0.1, -0.05) is 0 Å². The SMILES string of the molecule is COc1cc(NS(=O)(=O)c2c(CO)n[nH]c2C)ccc1Br. The van der Waals surface area contributed by atoms with Crippen molar-refractivity contribution in [2.45, 2.75) is 18.4 Å². The minimum Gasteiger partial charge on any atom is -0.495 e. The lowest BCUT2D eigenvalue weighted by molar-refractivity contribution is 0.273. The van der Waals surface area contributed by atoms with Crippen LogP contribution in [-0.2, 0) is 16.6 Å². The Kier molecular flexibility index (Phi) is 4.55. The molecule has 0 aliphatic rings. The van der Waals surface area contributed by atoms with Crippen LogP contribution in [0.3, 0.4) is 0 Å². The van der Waals surface area contributed by atoms with Crippen LogP contribution in [0.5, 0.6) is 5.75 Å². The third-order valence-electron chi connectivity index (χ3n) is 2.78. The smallest absolute Gasteiger partial charge is 0.265 e. The second-order valence-corrected chi connectivity index (χ2v) is 6.71. The maximum Gasteiger partial charge on any atom is 0.265 e. The van der Waals surface area contributed by atoms with Gasteiger partial charge in [-0.25, -0.2) is 8.42 Å². The molecule has 2 aromatic rings. The molecule has 0 saturated carbocycles. The van der Waals surface area contributed by atoms with Gasteiger partial charge in [-0.15, -0.1) is 0 Å². The molecule has 0 aliphatic heterocycles. The molecule has 0 atom stereocenters. The fourth-order valence-electron chi connectivity index (χ4n) is 1.86. The minimum absolute atomic E-state index is 0.0492. The molecule has 21 heavy (non-hydrogen) atoms. The van der Waals surface area contributed by atoms with Gasteiger partial charge in [0.05, 0.1) is 29.6 Å². The molecule has 0 spiro atoms. The van der Waals surface area contributed by atoms with Crippen LogP contribution >= 0.6 is 15.9 Å². The van der Waals surface area contributed by atoms with Crippen molar-refractivity contribution >= 4 is 31.6 Å². The first kappa shape index (κ1) is 15.8. The number of sulfonamides is 1. The summed E-state index contributed by atoms with van der Waals surface area (Å²) in [5, 5.41) is 15.5. The zero-order valence-electron chi connectivity index (χ0n) is 11.3. The number of halogens is 1. The number of anilines is 1. The summed E-state index contributed by atoms with van der Waals surface area (Å²) in [6, 6.07) is 4.82. The highest BCUT2D eigenvalue weighted by Gasteiger charge is 2.24. The average Bonchev–Trinajstić information content (AvgIpc) is 2.82. The lowest BCUT2D eigenvalue weighted by Gasteiger charge is -2.10. The Morgan fingerprint density at radius 1 is 1.48 bits per heavy atom. The van der Waals surface area contributed by atoms with Crippen LogP contribution in [0, 0.1) is 6.92 Å². The molecule has 0 bridgehead atoms. The molecule has 1 aromatic carbocycles. The number of aryl methyl sites for hydroxylation is 1. The predicted molar refractivity (Wildman–Crippen MR) is 80.8 cm³/mol. The number of aliphatic hydroxyl groups excluding tert-OH is 1. The molecule has 0 radical (unpaired) electrons. The molecule has 0 aliphatic carbocycles. The van der Waals surface area contributed by atoms with E-state index in [2.05, 4.69) is 30.8 Å². The summed E-state index contributed by atoms with van der Waals surface area (Å²) < 4.78 is 33.1. The fourth-order valence-corrected chi connectivity index (χ4v) is 3.68. The number of nitrogens with one attached hydrogen (secondary N) is 2. The maximum atomic E-state index is 12.4. The Hall–Kier alpha value is -1.58. The molecule has 0 unspecified atom stereocenters. The van der Waals surface area contributed by atoms with E-state index in [1.54, 1.807) is 25.1 Å². The Morgan fingerprint density at radius 3 is 2.81 bits per heavy atom. The third-order valence-corrected chi connectivity index (χ3v) is 5.02.